The minimum atomic E-state index is -0.105. The molecule has 1 aromatic rings. The van der Waals surface area contributed by atoms with Gasteiger partial charge in [0.05, 0.1) is 6.54 Å². The second-order valence-electron chi connectivity index (χ2n) is 5.04. The third-order valence-corrected chi connectivity index (χ3v) is 3.61. The van der Waals surface area contributed by atoms with E-state index < -0.39 is 0 Å². The van der Waals surface area contributed by atoms with Gasteiger partial charge >= 0.3 is 0 Å². The van der Waals surface area contributed by atoms with Crippen LogP contribution in [0.4, 0.5) is 0 Å². The molecule has 0 aliphatic rings. The molecular weight excluding hydrogens is 332 g/mol. The molecule has 1 N–H and O–H groups in total. The summed E-state index contributed by atoms with van der Waals surface area (Å²) in [5.41, 5.74) is 1.55. The van der Waals surface area contributed by atoms with Gasteiger partial charge < -0.3 is 10.2 Å². The molecule has 21 heavy (non-hydrogen) atoms. The van der Waals surface area contributed by atoms with Crippen LogP contribution < -0.4 is 5.32 Å². The molecule has 0 bridgehead atoms. The van der Waals surface area contributed by atoms with Crippen molar-refractivity contribution in [1.82, 2.24) is 10.2 Å². The highest BCUT2D eigenvalue weighted by Crippen LogP contribution is 2.18. The number of nitrogens with one attached hydrogen (secondary N) is 1. The summed E-state index contributed by atoms with van der Waals surface area (Å²) in [6.45, 7) is 7.23. The fourth-order valence-corrected chi connectivity index (χ4v) is 2.37. The van der Waals surface area contributed by atoms with Crippen LogP contribution in [-0.2, 0) is 4.79 Å². The Morgan fingerprint density at radius 2 is 1.95 bits per heavy atom. The number of hydrogen-bond donors (Lipinski definition) is 1. The molecule has 0 fully saturated rings. The number of carbonyl (C=O) groups excluding carboxylic acids is 2. The summed E-state index contributed by atoms with van der Waals surface area (Å²) in [5, 5.41) is 2.81. The maximum absolute atomic E-state index is 12.6. The summed E-state index contributed by atoms with van der Waals surface area (Å²) < 4.78 is 0.864. The Kier molecular flexibility index (Phi) is 7.43. The summed E-state index contributed by atoms with van der Waals surface area (Å²) in [4.78, 5) is 26.1. The van der Waals surface area contributed by atoms with E-state index in [0.717, 1.165) is 22.9 Å². The lowest BCUT2D eigenvalue weighted by Crippen LogP contribution is -2.41. The van der Waals surface area contributed by atoms with Gasteiger partial charge in [0.2, 0.25) is 5.91 Å². The van der Waals surface area contributed by atoms with Crippen LogP contribution in [0.2, 0.25) is 0 Å². The van der Waals surface area contributed by atoms with Gasteiger partial charge in [-0.2, -0.15) is 0 Å². The molecule has 2 amide bonds. The van der Waals surface area contributed by atoms with Crippen molar-refractivity contribution in [3.63, 3.8) is 0 Å². The van der Waals surface area contributed by atoms with Gasteiger partial charge in [0.1, 0.15) is 0 Å². The highest BCUT2D eigenvalue weighted by molar-refractivity contribution is 9.10. The van der Waals surface area contributed by atoms with Crippen LogP contribution in [0.25, 0.3) is 0 Å². The van der Waals surface area contributed by atoms with Gasteiger partial charge in [-0.25, -0.2) is 0 Å². The molecule has 0 saturated heterocycles. The SMILES string of the molecule is CCCNC(=O)CN(CCC)C(=O)c1cc(Br)ccc1C. The van der Waals surface area contributed by atoms with E-state index in [9.17, 15) is 9.59 Å². The fourth-order valence-electron chi connectivity index (χ4n) is 2.01. The number of halogens is 1. The Morgan fingerprint density at radius 3 is 2.57 bits per heavy atom. The van der Waals surface area contributed by atoms with Crippen LogP contribution in [0.15, 0.2) is 22.7 Å². The molecule has 0 saturated carbocycles. The minimum Gasteiger partial charge on any atom is -0.355 e. The van der Waals surface area contributed by atoms with Gasteiger partial charge in [0.25, 0.3) is 5.91 Å². The average molecular weight is 355 g/mol. The lowest BCUT2D eigenvalue weighted by Gasteiger charge is -2.22. The third-order valence-electron chi connectivity index (χ3n) is 3.12. The van der Waals surface area contributed by atoms with E-state index in [1.807, 2.05) is 39.0 Å². The maximum Gasteiger partial charge on any atom is 0.254 e. The molecule has 0 aliphatic carbocycles. The smallest absolute Gasteiger partial charge is 0.254 e. The summed E-state index contributed by atoms with van der Waals surface area (Å²) in [6, 6.07) is 5.62. The zero-order valence-electron chi connectivity index (χ0n) is 12.9. The predicted molar refractivity (Wildman–Crippen MR) is 88.4 cm³/mol. The zero-order chi connectivity index (χ0) is 15.8. The Labute approximate surface area is 135 Å². The molecule has 0 unspecified atom stereocenters. The highest BCUT2D eigenvalue weighted by atomic mass is 79.9. The normalized spacial score (nSPS) is 10.3. The van der Waals surface area contributed by atoms with Gasteiger partial charge in [0.15, 0.2) is 0 Å². The van der Waals surface area contributed by atoms with E-state index in [-0.39, 0.29) is 18.4 Å². The number of nitrogens with zero attached hydrogens (tertiary/aromatic N) is 1. The largest absolute Gasteiger partial charge is 0.355 e. The highest BCUT2D eigenvalue weighted by Gasteiger charge is 2.19. The van der Waals surface area contributed by atoms with Gasteiger partial charge in [0, 0.05) is 23.1 Å². The van der Waals surface area contributed by atoms with Crippen molar-refractivity contribution in [3.8, 4) is 0 Å². The Balaban J connectivity index is 2.86. The van der Waals surface area contributed by atoms with Crippen LogP contribution in [0, 0.1) is 6.92 Å². The monoisotopic (exact) mass is 354 g/mol. The first-order valence-electron chi connectivity index (χ1n) is 7.31. The number of carbonyl (C=O) groups is 2. The molecule has 0 aromatic heterocycles. The first-order chi connectivity index (χ1) is 9.99. The van der Waals surface area contributed by atoms with Crippen molar-refractivity contribution in [2.75, 3.05) is 19.6 Å². The minimum absolute atomic E-state index is 0.0951. The molecule has 0 heterocycles. The van der Waals surface area contributed by atoms with Gasteiger partial charge in [-0.1, -0.05) is 35.8 Å². The van der Waals surface area contributed by atoms with Crippen molar-refractivity contribution in [3.05, 3.63) is 33.8 Å². The standard InChI is InChI=1S/C16H23BrN2O2/c1-4-8-18-15(20)11-19(9-5-2)16(21)14-10-13(17)7-6-12(14)3/h6-7,10H,4-5,8-9,11H2,1-3H3,(H,18,20). The number of hydrogen-bond acceptors (Lipinski definition) is 2. The molecule has 0 aliphatic heterocycles. The molecule has 1 rings (SSSR count). The maximum atomic E-state index is 12.6. The van der Waals surface area contributed by atoms with E-state index in [1.54, 1.807) is 4.90 Å². The Hall–Kier alpha value is -1.36. The number of amides is 2. The van der Waals surface area contributed by atoms with Gasteiger partial charge in [-0.05, 0) is 37.5 Å². The van der Waals surface area contributed by atoms with Gasteiger partial charge in [-0.3, -0.25) is 9.59 Å². The third kappa shape index (κ3) is 5.50. The van der Waals surface area contributed by atoms with Crippen LogP contribution in [-0.4, -0.2) is 36.3 Å². The Bertz CT molecular complexity index is 503. The van der Waals surface area contributed by atoms with E-state index in [1.165, 1.54) is 0 Å². The van der Waals surface area contributed by atoms with Crippen LogP contribution in [0.3, 0.4) is 0 Å². The number of rotatable bonds is 7. The van der Waals surface area contributed by atoms with Gasteiger partial charge in [-0.15, -0.1) is 0 Å². The quantitative estimate of drug-likeness (QED) is 0.817. The molecule has 5 heteroatoms. The van der Waals surface area contributed by atoms with E-state index in [4.69, 9.17) is 0 Å². The second-order valence-corrected chi connectivity index (χ2v) is 5.95. The van der Waals surface area contributed by atoms with Crippen molar-refractivity contribution >= 4 is 27.7 Å². The van der Waals surface area contributed by atoms with E-state index in [0.29, 0.717) is 18.7 Å². The van der Waals surface area contributed by atoms with Crippen LogP contribution in [0.1, 0.15) is 42.6 Å². The van der Waals surface area contributed by atoms with Crippen molar-refractivity contribution in [2.24, 2.45) is 0 Å². The zero-order valence-corrected chi connectivity index (χ0v) is 14.5. The lowest BCUT2D eigenvalue weighted by molar-refractivity contribution is -0.121. The van der Waals surface area contributed by atoms with Crippen LogP contribution in [0.5, 0.6) is 0 Å². The summed E-state index contributed by atoms with van der Waals surface area (Å²) in [5.74, 6) is -0.200. The Morgan fingerprint density at radius 1 is 1.24 bits per heavy atom. The first-order valence-corrected chi connectivity index (χ1v) is 8.11. The topological polar surface area (TPSA) is 49.4 Å². The molecule has 0 atom stereocenters. The summed E-state index contributed by atoms with van der Waals surface area (Å²) >= 11 is 3.39. The van der Waals surface area contributed by atoms with Crippen LogP contribution >= 0.6 is 15.9 Å². The summed E-state index contributed by atoms with van der Waals surface area (Å²) in [7, 11) is 0. The molecule has 0 spiro atoms. The average Bonchev–Trinajstić information content (AvgIpc) is 2.46. The number of aryl methyl sites for hydroxylation is 1. The molecule has 0 radical (unpaired) electrons. The lowest BCUT2D eigenvalue weighted by atomic mass is 10.1. The van der Waals surface area contributed by atoms with Crippen molar-refractivity contribution in [2.45, 2.75) is 33.6 Å². The number of benzene rings is 1. The van der Waals surface area contributed by atoms with E-state index >= 15 is 0 Å². The molecular formula is C16H23BrN2O2. The fraction of sp³-hybridized carbons (Fsp3) is 0.500. The second kappa shape index (κ2) is 8.82. The predicted octanol–water partition coefficient (Wildman–Crippen LogP) is 3.14. The molecule has 116 valence electrons. The molecule has 4 nitrogen and oxygen atoms in total. The summed E-state index contributed by atoms with van der Waals surface area (Å²) in [6.07, 6.45) is 1.71. The first kappa shape index (κ1) is 17.7. The van der Waals surface area contributed by atoms with Crippen molar-refractivity contribution < 1.29 is 9.59 Å². The molecule has 1 aromatic carbocycles. The van der Waals surface area contributed by atoms with E-state index in [2.05, 4.69) is 21.2 Å². The van der Waals surface area contributed by atoms with Crippen molar-refractivity contribution in [1.29, 1.82) is 0 Å².